The normalized spacial score (nSPS) is 10.1. The number of benzene rings is 2. The van der Waals surface area contributed by atoms with Crippen LogP contribution in [0.2, 0.25) is 0 Å². The number of allylic oxidation sites excluding steroid dienone is 1. The Kier molecular flexibility index (Phi) is 5.53. The van der Waals surface area contributed by atoms with Gasteiger partial charge < -0.3 is 9.84 Å². The molecule has 0 saturated heterocycles. The van der Waals surface area contributed by atoms with Gasteiger partial charge in [0.05, 0.1) is 19.3 Å². The van der Waals surface area contributed by atoms with Crippen molar-refractivity contribution in [3.63, 3.8) is 0 Å². The molecule has 0 aliphatic carbocycles. The summed E-state index contributed by atoms with van der Waals surface area (Å²) < 4.78 is 4.64. The van der Waals surface area contributed by atoms with Crippen molar-refractivity contribution in [3.05, 3.63) is 76.9 Å². The van der Waals surface area contributed by atoms with E-state index in [4.69, 9.17) is 5.11 Å². The lowest BCUT2D eigenvalue weighted by Crippen LogP contribution is -2.00. The molecule has 0 aromatic heterocycles. The van der Waals surface area contributed by atoms with E-state index in [0.29, 0.717) is 5.56 Å². The van der Waals surface area contributed by atoms with Gasteiger partial charge in [0.2, 0.25) is 0 Å². The van der Waals surface area contributed by atoms with E-state index in [1.807, 2.05) is 30.3 Å². The van der Waals surface area contributed by atoms with E-state index < -0.39 is 0 Å². The summed E-state index contributed by atoms with van der Waals surface area (Å²) in [6.45, 7) is 0.0470. The highest BCUT2D eigenvalue weighted by molar-refractivity contribution is 5.89. The molecular formula is C19H16O3. The quantitative estimate of drug-likeness (QED) is 0.698. The van der Waals surface area contributed by atoms with Crippen LogP contribution in [0.5, 0.6) is 0 Å². The SMILES string of the molecule is COC(=O)c1ccc(C#CC=Cc2ccc(CO)cc2)cc1. The zero-order chi connectivity index (χ0) is 15.8. The Morgan fingerprint density at radius 1 is 1.14 bits per heavy atom. The van der Waals surface area contributed by atoms with E-state index in [2.05, 4.69) is 16.6 Å². The van der Waals surface area contributed by atoms with Crippen LogP contribution in [0.15, 0.2) is 54.6 Å². The average Bonchev–Trinajstić information content (AvgIpc) is 2.59. The molecule has 3 nitrogen and oxygen atoms in total. The largest absolute Gasteiger partial charge is 0.465 e. The van der Waals surface area contributed by atoms with Crippen molar-refractivity contribution in [2.75, 3.05) is 7.11 Å². The van der Waals surface area contributed by atoms with Crippen molar-refractivity contribution in [3.8, 4) is 11.8 Å². The molecule has 3 heteroatoms. The molecule has 22 heavy (non-hydrogen) atoms. The number of ether oxygens (including phenoxy) is 1. The zero-order valence-corrected chi connectivity index (χ0v) is 12.2. The second-order valence-electron chi connectivity index (χ2n) is 4.57. The van der Waals surface area contributed by atoms with Crippen LogP contribution in [0.4, 0.5) is 0 Å². The predicted octanol–water partition coefficient (Wildman–Crippen LogP) is 3.03. The zero-order valence-electron chi connectivity index (χ0n) is 12.2. The highest BCUT2D eigenvalue weighted by Crippen LogP contribution is 2.06. The van der Waals surface area contributed by atoms with Crippen LogP contribution >= 0.6 is 0 Å². The summed E-state index contributed by atoms with van der Waals surface area (Å²) in [4.78, 5) is 11.3. The Balaban J connectivity index is 2.00. The van der Waals surface area contributed by atoms with Gasteiger partial charge in [-0.1, -0.05) is 36.1 Å². The molecular weight excluding hydrogens is 276 g/mol. The first-order chi connectivity index (χ1) is 10.7. The first kappa shape index (κ1) is 15.6. The molecule has 2 aromatic carbocycles. The third-order valence-corrected chi connectivity index (χ3v) is 3.04. The predicted molar refractivity (Wildman–Crippen MR) is 86.1 cm³/mol. The molecule has 0 spiro atoms. The maximum Gasteiger partial charge on any atom is 0.337 e. The number of methoxy groups -OCH3 is 1. The van der Waals surface area contributed by atoms with Crippen molar-refractivity contribution >= 4 is 12.0 Å². The number of hydrogen-bond donors (Lipinski definition) is 1. The van der Waals surface area contributed by atoms with Crippen LogP contribution in [-0.4, -0.2) is 18.2 Å². The molecule has 0 fully saturated rings. The van der Waals surface area contributed by atoms with Gasteiger partial charge in [-0.3, -0.25) is 0 Å². The van der Waals surface area contributed by atoms with Crippen LogP contribution in [0, 0.1) is 11.8 Å². The van der Waals surface area contributed by atoms with Crippen molar-refractivity contribution in [2.24, 2.45) is 0 Å². The van der Waals surface area contributed by atoms with E-state index in [0.717, 1.165) is 16.7 Å². The van der Waals surface area contributed by atoms with Crippen LogP contribution in [0.3, 0.4) is 0 Å². The van der Waals surface area contributed by atoms with E-state index in [1.165, 1.54) is 7.11 Å². The fourth-order valence-corrected chi connectivity index (χ4v) is 1.80. The first-order valence-corrected chi connectivity index (χ1v) is 6.79. The van der Waals surface area contributed by atoms with Gasteiger partial charge >= 0.3 is 5.97 Å². The fraction of sp³-hybridized carbons (Fsp3) is 0.105. The average molecular weight is 292 g/mol. The number of esters is 1. The second-order valence-corrected chi connectivity index (χ2v) is 4.57. The Bertz CT molecular complexity index is 714. The maximum absolute atomic E-state index is 11.3. The summed E-state index contributed by atoms with van der Waals surface area (Å²) in [6, 6.07) is 14.5. The van der Waals surface area contributed by atoms with E-state index >= 15 is 0 Å². The van der Waals surface area contributed by atoms with Gasteiger partial charge in [-0.05, 0) is 47.5 Å². The Hall–Kier alpha value is -2.83. The fourth-order valence-electron chi connectivity index (χ4n) is 1.80. The smallest absolute Gasteiger partial charge is 0.337 e. The molecule has 1 N–H and O–H groups in total. The molecule has 0 radical (unpaired) electrons. The molecule has 0 amide bonds. The summed E-state index contributed by atoms with van der Waals surface area (Å²) in [6.07, 6.45) is 3.67. The van der Waals surface area contributed by atoms with E-state index in [-0.39, 0.29) is 12.6 Å². The molecule has 0 atom stereocenters. The van der Waals surface area contributed by atoms with E-state index in [9.17, 15) is 4.79 Å². The summed E-state index contributed by atoms with van der Waals surface area (Å²) >= 11 is 0. The molecule has 110 valence electrons. The van der Waals surface area contributed by atoms with Gasteiger partial charge in [-0.25, -0.2) is 4.79 Å². The lowest BCUT2D eigenvalue weighted by Gasteiger charge is -1.97. The summed E-state index contributed by atoms with van der Waals surface area (Å²) in [5.74, 6) is 5.58. The van der Waals surface area contributed by atoms with Gasteiger partial charge in [-0.15, -0.1) is 0 Å². The number of hydrogen-bond acceptors (Lipinski definition) is 3. The van der Waals surface area contributed by atoms with Crippen LogP contribution < -0.4 is 0 Å². The van der Waals surface area contributed by atoms with Crippen LogP contribution in [-0.2, 0) is 11.3 Å². The lowest BCUT2D eigenvalue weighted by atomic mass is 10.1. The standard InChI is InChI=1S/C19H16O3/c1-22-19(21)18-12-10-16(11-13-18)5-3-2-4-15-6-8-17(14-20)9-7-15/h2,4,6-13,20H,14H2,1H3. The number of aliphatic hydroxyl groups excluding tert-OH is 1. The Labute approximate surface area is 129 Å². The Morgan fingerprint density at radius 3 is 2.41 bits per heavy atom. The van der Waals surface area contributed by atoms with Gasteiger partial charge in [0.1, 0.15) is 0 Å². The molecule has 2 rings (SSSR count). The molecule has 2 aromatic rings. The monoisotopic (exact) mass is 292 g/mol. The summed E-state index contributed by atoms with van der Waals surface area (Å²) in [5, 5.41) is 8.97. The van der Waals surface area contributed by atoms with Gasteiger partial charge in [-0.2, -0.15) is 0 Å². The van der Waals surface area contributed by atoms with Crippen molar-refractivity contribution in [1.29, 1.82) is 0 Å². The number of carbonyl (C=O) groups is 1. The molecule has 0 aliphatic heterocycles. The van der Waals surface area contributed by atoms with Gasteiger partial charge in [0.15, 0.2) is 0 Å². The number of rotatable bonds is 3. The van der Waals surface area contributed by atoms with Crippen LogP contribution in [0.25, 0.3) is 6.08 Å². The highest BCUT2D eigenvalue weighted by atomic mass is 16.5. The molecule has 0 heterocycles. The molecule has 0 aliphatic rings. The van der Waals surface area contributed by atoms with E-state index in [1.54, 1.807) is 30.3 Å². The minimum absolute atomic E-state index is 0.0470. The number of carbonyl (C=O) groups excluding carboxylic acids is 1. The van der Waals surface area contributed by atoms with Crippen molar-refractivity contribution < 1.29 is 14.6 Å². The van der Waals surface area contributed by atoms with Crippen LogP contribution in [0.1, 0.15) is 27.0 Å². The van der Waals surface area contributed by atoms with Gasteiger partial charge in [0.25, 0.3) is 0 Å². The first-order valence-electron chi connectivity index (χ1n) is 6.79. The Morgan fingerprint density at radius 2 is 1.82 bits per heavy atom. The van der Waals surface area contributed by atoms with Gasteiger partial charge in [0, 0.05) is 5.56 Å². The third-order valence-electron chi connectivity index (χ3n) is 3.04. The highest BCUT2D eigenvalue weighted by Gasteiger charge is 2.02. The minimum atomic E-state index is -0.356. The number of aliphatic hydroxyl groups is 1. The molecule has 0 saturated carbocycles. The van der Waals surface area contributed by atoms with Crippen molar-refractivity contribution in [1.82, 2.24) is 0 Å². The minimum Gasteiger partial charge on any atom is -0.465 e. The van der Waals surface area contributed by atoms with Crippen molar-refractivity contribution in [2.45, 2.75) is 6.61 Å². The third kappa shape index (κ3) is 4.34. The molecule has 0 bridgehead atoms. The lowest BCUT2D eigenvalue weighted by molar-refractivity contribution is 0.0600. The summed E-state index contributed by atoms with van der Waals surface area (Å²) in [5.41, 5.74) is 3.24. The maximum atomic E-state index is 11.3. The second kappa shape index (κ2) is 7.82. The molecule has 0 unspecified atom stereocenters. The summed E-state index contributed by atoms with van der Waals surface area (Å²) in [7, 11) is 1.36. The topological polar surface area (TPSA) is 46.5 Å².